The first-order valence-corrected chi connectivity index (χ1v) is 7.28. The summed E-state index contributed by atoms with van der Waals surface area (Å²) in [4.78, 5) is 11.7. The maximum Gasteiger partial charge on any atom is 0.337 e. The summed E-state index contributed by atoms with van der Waals surface area (Å²) in [6, 6.07) is 14.1. The van der Waals surface area contributed by atoms with Crippen molar-refractivity contribution in [3.05, 3.63) is 59.1 Å². The zero-order valence-corrected chi connectivity index (χ0v) is 13.4. The number of hydrogen-bond acceptors (Lipinski definition) is 2. The zero-order chi connectivity index (χ0) is 15.9. The number of aryl methyl sites for hydroxylation is 1. The molecule has 2 amide bonds. The summed E-state index contributed by atoms with van der Waals surface area (Å²) in [6.07, 6.45) is 0. The Bertz CT molecular complexity index is 599. The SMILES string of the molecule is Cc1ccc(NC(=S)NNC(=O)Nc2ccc(Cl)cc2)cc1. The zero-order valence-electron chi connectivity index (χ0n) is 11.8. The highest BCUT2D eigenvalue weighted by atomic mass is 35.5. The van der Waals surface area contributed by atoms with Crippen LogP contribution in [0.2, 0.25) is 5.02 Å². The molecule has 4 N–H and O–H groups in total. The summed E-state index contributed by atoms with van der Waals surface area (Å²) < 4.78 is 0. The van der Waals surface area contributed by atoms with Crippen LogP contribution in [0.5, 0.6) is 0 Å². The average Bonchev–Trinajstić information content (AvgIpc) is 2.50. The van der Waals surface area contributed by atoms with Crippen LogP contribution in [0, 0.1) is 6.92 Å². The third-order valence-electron chi connectivity index (χ3n) is 2.70. The molecular formula is C15H15ClN4OS. The average molecular weight is 335 g/mol. The molecule has 0 radical (unpaired) electrons. The summed E-state index contributed by atoms with van der Waals surface area (Å²) in [5.41, 5.74) is 7.67. The van der Waals surface area contributed by atoms with Crippen LogP contribution in [0.4, 0.5) is 16.2 Å². The second-order valence-electron chi connectivity index (χ2n) is 4.53. The van der Waals surface area contributed by atoms with Crippen molar-refractivity contribution in [3.8, 4) is 0 Å². The van der Waals surface area contributed by atoms with Crippen LogP contribution in [0.25, 0.3) is 0 Å². The minimum Gasteiger partial charge on any atom is -0.331 e. The van der Waals surface area contributed by atoms with E-state index in [9.17, 15) is 4.79 Å². The molecule has 0 unspecified atom stereocenters. The number of anilines is 2. The molecule has 2 aromatic rings. The normalized spacial score (nSPS) is 9.73. The second kappa shape index (κ2) is 7.63. The van der Waals surface area contributed by atoms with E-state index in [1.807, 2.05) is 31.2 Å². The van der Waals surface area contributed by atoms with Gasteiger partial charge in [0.05, 0.1) is 0 Å². The van der Waals surface area contributed by atoms with Crippen molar-refractivity contribution < 1.29 is 4.79 Å². The van der Waals surface area contributed by atoms with Crippen molar-refractivity contribution in [2.45, 2.75) is 6.92 Å². The molecule has 2 rings (SSSR count). The lowest BCUT2D eigenvalue weighted by atomic mass is 10.2. The molecule has 0 aliphatic rings. The number of thiocarbonyl (C=S) groups is 1. The highest BCUT2D eigenvalue weighted by Crippen LogP contribution is 2.13. The Morgan fingerprint density at radius 3 is 2.09 bits per heavy atom. The van der Waals surface area contributed by atoms with Gasteiger partial charge in [-0.15, -0.1) is 0 Å². The van der Waals surface area contributed by atoms with Crippen molar-refractivity contribution in [1.29, 1.82) is 0 Å². The molecule has 0 bridgehead atoms. The lowest BCUT2D eigenvalue weighted by Crippen LogP contribution is -2.45. The van der Waals surface area contributed by atoms with Gasteiger partial charge >= 0.3 is 6.03 Å². The summed E-state index contributed by atoms with van der Waals surface area (Å²) in [7, 11) is 0. The van der Waals surface area contributed by atoms with Crippen LogP contribution in [0.3, 0.4) is 0 Å². The molecule has 0 saturated heterocycles. The number of hydrazine groups is 1. The highest BCUT2D eigenvalue weighted by molar-refractivity contribution is 7.80. The topological polar surface area (TPSA) is 65.2 Å². The van der Waals surface area contributed by atoms with E-state index in [0.717, 1.165) is 11.3 Å². The predicted octanol–water partition coefficient (Wildman–Crippen LogP) is 3.67. The van der Waals surface area contributed by atoms with Gasteiger partial charge in [-0.1, -0.05) is 29.3 Å². The molecule has 7 heteroatoms. The van der Waals surface area contributed by atoms with E-state index in [0.29, 0.717) is 10.7 Å². The van der Waals surface area contributed by atoms with Gasteiger partial charge in [0.2, 0.25) is 0 Å². The Kier molecular flexibility index (Phi) is 5.57. The number of amides is 2. The van der Waals surface area contributed by atoms with E-state index in [-0.39, 0.29) is 5.11 Å². The monoisotopic (exact) mass is 334 g/mol. The van der Waals surface area contributed by atoms with Crippen molar-refractivity contribution in [1.82, 2.24) is 10.9 Å². The Morgan fingerprint density at radius 2 is 1.45 bits per heavy atom. The van der Waals surface area contributed by atoms with Crippen LogP contribution >= 0.6 is 23.8 Å². The van der Waals surface area contributed by atoms with Crippen LogP contribution in [0.15, 0.2) is 48.5 Å². The van der Waals surface area contributed by atoms with Gasteiger partial charge < -0.3 is 10.6 Å². The third kappa shape index (κ3) is 5.23. The first-order valence-electron chi connectivity index (χ1n) is 6.49. The summed E-state index contributed by atoms with van der Waals surface area (Å²) in [5.74, 6) is 0. The van der Waals surface area contributed by atoms with Gasteiger partial charge in [0.1, 0.15) is 0 Å². The van der Waals surface area contributed by atoms with Gasteiger partial charge in [-0.3, -0.25) is 5.43 Å². The molecule has 0 aliphatic carbocycles. The number of urea groups is 1. The maximum absolute atomic E-state index is 11.7. The first-order chi connectivity index (χ1) is 10.5. The van der Waals surface area contributed by atoms with Crippen molar-refractivity contribution in [2.24, 2.45) is 0 Å². The summed E-state index contributed by atoms with van der Waals surface area (Å²) in [5, 5.41) is 6.48. The van der Waals surface area contributed by atoms with Crippen molar-refractivity contribution in [2.75, 3.05) is 10.6 Å². The van der Waals surface area contributed by atoms with Crippen molar-refractivity contribution >= 4 is 46.3 Å². The molecule has 0 saturated carbocycles. The minimum absolute atomic E-state index is 0.287. The van der Waals surface area contributed by atoms with Gasteiger partial charge in [0, 0.05) is 16.4 Å². The summed E-state index contributed by atoms with van der Waals surface area (Å²) >= 11 is 10.9. The van der Waals surface area contributed by atoms with Gasteiger partial charge in [-0.25, -0.2) is 10.2 Å². The fourth-order valence-electron chi connectivity index (χ4n) is 1.61. The lowest BCUT2D eigenvalue weighted by Gasteiger charge is -2.12. The molecule has 0 heterocycles. The molecule has 0 aromatic heterocycles. The Hall–Kier alpha value is -2.31. The molecule has 5 nitrogen and oxygen atoms in total. The molecule has 0 spiro atoms. The van der Waals surface area contributed by atoms with E-state index in [2.05, 4.69) is 21.5 Å². The minimum atomic E-state index is -0.435. The van der Waals surface area contributed by atoms with Crippen LogP contribution in [0.1, 0.15) is 5.56 Å². The van der Waals surface area contributed by atoms with E-state index >= 15 is 0 Å². The number of benzene rings is 2. The number of carbonyl (C=O) groups excluding carboxylic acids is 1. The molecule has 22 heavy (non-hydrogen) atoms. The predicted molar refractivity (Wildman–Crippen MR) is 94.1 cm³/mol. The molecule has 2 aromatic carbocycles. The smallest absolute Gasteiger partial charge is 0.331 e. The van der Waals surface area contributed by atoms with E-state index in [1.165, 1.54) is 0 Å². The van der Waals surface area contributed by atoms with Gasteiger partial charge in [-0.2, -0.15) is 0 Å². The fraction of sp³-hybridized carbons (Fsp3) is 0.0667. The fourth-order valence-corrected chi connectivity index (χ4v) is 1.90. The van der Waals surface area contributed by atoms with Crippen LogP contribution in [-0.2, 0) is 0 Å². The molecular weight excluding hydrogens is 320 g/mol. The van der Waals surface area contributed by atoms with Gasteiger partial charge in [0.15, 0.2) is 5.11 Å². The first kappa shape index (κ1) is 16.1. The van der Waals surface area contributed by atoms with E-state index < -0.39 is 6.03 Å². The quantitative estimate of drug-likeness (QED) is 0.500. The Morgan fingerprint density at radius 1 is 0.909 bits per heavy atom. The maximum atomic E-state index is 11.7. The molecule has 0 atom stereocenters. The van der Waals surface area contributed by atoms with Crippen LogP contribution < -0.4 is 21.5 Å². The largest absolute Gasteiger partial charge is 0.337 e. The third-order valence-corrected chi connectivity index (χ3v) is 3.16. The van der Waals surface area contributed by atoms with Gasteiger partial charge in [0.25, 0.3) is 0 Å². The number of carbonyl (C=O) groups is 1. The molecule has 0 aliphatic heterocycles. The number of hydrogen-bond donors (Lipinski definition) is 4. The van der Waals surface area contributed by atoms with E-state index in [4.69, 9.17) is 23.8 Å². The standard InChI is InChI=1S/C15H15ClN4OS/c1-10-2-6-13(7-3-10)18-15(22)20-19-14(21)17-12-8-4-11(16)5-9-12/h2-9H,1H3,(H2,17,19,21)(H2,18,20,22). The van der Waals surface area contributed by atoms with Gasteiger partial charge in [-0.05, 0) is 55.5 Å². The highest BCUT2D eigenvalue weighted by Gasteiger charge is 2.02. The molecule has 0 fully saturated rings. The summed E-state index contributed by atoms with van der Waals surface area (Å²) in [6.45, 7) is 2.00. The number of nitrogens with one attached hydrogen (secondary N) is 4. The Labute approximate surface area is 139 Å². The van der Waals surface area contributed by atoms with Crippen molar-refractivity contribution in [3.63, 3.8) is 0 Å². The second-order valence-corrected chi connectivity index (χ2v) is 5.38. The Balaban J connectivity index is 1.76. The van der Waals surface area contributed by atoms with E-state index in [1.54, 1.807) is 24.3 Å². The van der Waals surface area contributed by atoms with Crippen LogP contribution in [-0.4, -0.2) is 11.1 Å². The lowest BCUT2D eigenvalue weighted by molar-refractivity contribution is 0.250. The molecule has 114 valence electrons. The number of rotatable bonds is 2. The number of halogens is 1.